The molecule has 2 aliphatic heterocycles. The molecule has 1 saturated carbocycles. The molecule has 1 amide bonds. The summed E-state index contributed by atoms with van der Waals surface area (Å²) in [6.45, 7) is 5.33. The summed E-state index contributed by atoms with van der Waals surface area (Å²) < 4.78 is 6.63. The van der Waals surface area contributed by atoms with Crippen LogP contribution in [-0.2, 0) is 11.3 Å². The van der Waals surface area contributed by atoms with Crippen molar-refractivity contribution >= 4 is 17.2 Å². The van der Waals surface area contributed by atoms with Gasteiger partial charge in [-0.2, -0.15) is 0 Å². The Morgan fingerprint density at radius 3 is 2.70 bits per heavy atom. The fraction of sp³-hybridized carbons (Fsp3) is 0.560. The average molecular weight is 425 g/mol. The maximum Gasteiger partial charge on any atom is 0.220 e. The molecule has 3 aliphatic rings. The van der Waals surface area contributed by atoms with Crippen molar-refractivity contribution in [2.45, 2.75) is 76.0 Å². The molecule has 1 saturated heterocycles. The van der Waals surface area contributed by atoms with Crippen molar-refractivity contribution in [3.63, 3.8) is 0 Å². The number of rotatable bonds is 5. The SMILES string of the molecule is Cc1ccc(CN2CCC3(CC2)C[C@H](CC(=O)NC2CCC2)c2ccccc2O3)s1. The van der Waals surface area contributed by atoms with Gasteiger partial charge in [0.2, 0.25) is 5.91 Å². The van der Waals surface area contributed by atoms with E-state index in [4.69, 9.17) is 4.74 Å². The van der Waals surface area contributed by atoms with Crippen LogP contribution in [-0.4, -0.2) is 35.5 Å². The molecule has 160 valence electrons. The second-order valence-corrected chi connectivity index (χ2v) is 10.8. The van der Waals surface area contributed by atoms with E-state index in [2.05, 4.69) is 53.5 Å². The first-order chi connectivity index (χ1) is 14.6. The molecule has 2 fully saturated rings. The molecule has 0 unspecified atom stereocenters. The first-order valence-electron chi connectivity index (χ1n) is 11.4. The van der Waals surface area contributed by atoms with Gasteiger partial charge in [0.15, 0.2) is 0 Å². The summed E-state index contributed by atoms with van der Waals surface area (Å²) in [5, 5.41) is 3.24. The Kier molecular flexibility index (Phi) is 5.59. The van der Waals surface area contributed by atoms with Crippen molar-refractivity contribution in [2.24, 2.45) is 0 Å². The second-order valence-electron chi connectivity index (χ2n) is 9.41. The molecule has 1 aromatic carbocycles. The molecule has 30 heavy (non-hydrogen) atoms. The molecule has 1 spiro atoms. The van der Waals surface area contributed by atoms with E-state index in [1.165, 1.54) is 21.7 Å². The normalized spacial score (nSPS) is 23.4. The number of piperidine rings is 1. The van der Waals surface area contributed by atoms with Gasteiger partial charge in [-0.3, -0.25) is 9.69 Å². The van der Waals surface area contributed by atoms with E-state index in [0.29, 0.717) is 12.5 Å². The minimum atomic E-state index is -0.127. The first kappa shape index (κ1) is 20.1. The van der Waals surface area contributed by atoms with Gasteiger partial charge in [0.25, 0.3) is 0 Å². The molecule has 1 aliphatic carbocycles. The van der Waals surface area contributed by atoms with Crippen molar-refractivity contribution in [2.75, 3.05) is 13.1 Å². The van der Waals surface area contributed by atoms with Crippen LogP contribution in [0.15, 0.2) is 36.4 Å². The zero-order valence-electron chi connectivity index (χ0n) is 17.9. The number of carbonyl (C=O) groups is 1. The van der Waals surface area contributed by atoms with E-state index < -0.39 is 0 Å². The topological polar surface area (TPSA) is 41.6 Å². The largest absolute Gasteiger partial charge is 0.487 e. The lowest BCUT2D eigenvalue weighted by atomic mass is 9.76. The predicted molar refractivity (Wildman–Crippen MR) is 121 cm³/mol. The molecule has 5 rings (SSSR count). The standard InChI is InChI=1S/C25H32N2O2S/c1-18-9-10-21(30-18)17-27-13-11-25(12-14-27)16-19(15-24(28)26-20-5-4-6-20)22-7-2-3-8-23(22)29-25/h2-3,7-10,19-20H,4-6,11-17H2,1H3,(H,26,28)/t19-/m0/s1. The van der Waals surface area contributed by atoms with Gasteiger partial charge >= 0.3 is 0 Å². The Morgan fingerprint density at radius 1 is 1.20 bits per heavy atom. The monoisotopic (exact) mass is 424 g/mol. The van der Waals surface area contributed by atoms with Gasteiger partial charge in [-0.25, -0.2) is 0 Å². The lowest BCUT2D eigenvalue weighted by Gasteiger charge is -2.47. The molecule has 2 aromatic rings. The summed E-state index contributed by atoms with van der Waals surface area (Å²) in [5.74, 6) is 1.45. The van der Waals surface area contributed by atoms with Gasteiger partial charge in [-0.05, 0) is 69.2 Å². The van der Waals surface area contributed by atoms with Crippen LogP contribution >= 0.6 is 11.3 Å². The van der Waals surface area contributed by atoms with Crippen LogP contribution in [0.2, 0.25) is 0 Å². The summed E-state index contributed by atoms with van der Waals surface area (Å²) in [6.07, 6.45) is 7.12. The van der Waals surface area contributed by atoms with Gasteiger partial charge in [-0.1, -0.05) is 18.2 Å². The highest BCUT2D eigenvalue weighted by Gasteiger charge is 2.43. The summed E-state index contributed by atoms with van der Waals surface area (Å²) in [4.78, 5) is 18.1. The molecular formula is C25H32N2O2S. The number of nitrogens with zero attached hydrogens (tertiary/aromatic N) is 1. The summed E-state index contributed by atoms with van der Waals surface area (Å²) in [7, 11) is 0. The van der Waals surface area contributed by atoms with Crippen molar-refractivity contribution in [3.05, 3.63) is 51.7 Å². The zero-order chi connectivity index (χ0) is 20.6. The number of fused-ring (bicyclic) bond motifs is 1. The van der Waals surface area contributed by atoms with Crippen LogP contribution in [0.1, 0.15) is 66.2 Å². The van der Waals surface area contributed by atoms with Gasteiger partial charge in [0.1, 0.15) is 11.4 Å². The highest BCUT2D eigenvalue weighted by molar-refractivity contribution is 7.11. The van der Waals surface area contributed by atoms with Gasteiger partial charge < -0.3 is 10.1 Å². The summed E-state index contributed by atoms with van der Waals surface area (Å²) in [6, 6.07) is 13.2. The third-order valence-corrected chi connectivity index (χ3v) is 8.13. The molecule has 0 radical (unpaired) electrons. The molecule has 1 N–H and O–H groups in total. The van der Waals surface area contributed by atoms with Crippen molar-refractivity contribution < 1.29 is 9.53 Å². The molecule has 0 bridgehead atoms. The van der Waals surface area contributed by atoms with Crippen LogP contribution in [0.25, 0.3) is 0 Å². The number of aryl methyl sites for hydroxylation is 1. The van der Waals surface area contributed by atoms with Crippen LogP contribution in [0, 0.1) is 6.92 Å². The van der Waals surface area contributed by atoms with E-state index in [-0.39, 0.29) is 17.4 Å². The summed E-state index contributed by atoms with van der Waals surface area (Å²) in [5.41, 5.74) is 1.08. The van der Waals surface area contributed by atoms with E-state index >= 15 is 0 Å². The van der Waals surface area contributed by atoms with Gasteiger partial charge in [0, 0.05) is 47.8 Å². The molecule has 3 heterocycles. The third-order valence-electron chi connectivity index (χ3n) is 7.15. The maximum absolute atomic E-state index is 12.7. The number of ether oxygens (including phenoxy) is 1. The number of para-hydroxylation sites is 1. The lowest BCUT2D eigenvalue weighted by molar-refractivity contribution is -0.123. The number of hydrogen-bond donors (Lipinski definition) is 1. The number of likely N-dealkylation sites (tertiary alicyclic amines) is 1. The average Bonchev–Trinajstić information content (AvgIpc) is 3.11. The maximum atomic E-state index is 12.7. The number of benzene rings is 1. The Labute approximate surface area is 183 Å². The van der Waals surface area contributed by atoms with Crippen LogP contribution in [0.4, 0.5) is 0 Å². The van der Waals surface area contributed by atoms with E-state index in [9.17, 15) is 4.79 Å². The first-order valence-corrected chi connectivity index (χ1v) is 12.3. The molecule has 4 nitrogen and oxygen atoms in total. The Bertz CT molecular complexity index is 896. The number of nitrogens with one attached hydrogen (secondary N) is 1. The van der Waals surface area contributed by atoms with E-state index in [1.54, 1.807) is 0 Å². The Hall–Kier alpha value is -1.85. The van der Waals surface area contributed by atoms with Crippen LogP contribution in [0.3, 0.4) is 0 Å². The number of amides is 1. The predicted octanol–water partition coefficient (Wildman–Crippen LogP) is 5.02. The van der Waals surface area contributed by atoms with Crippen LogP contribution in [0.5, 0.6) is 5.75 Å². The van der Waals surface area contributed by atoms with Gasteiger partial charge in [-0.15, -0.1) is 11.3 Å². The van der Waals surface area contributed by atoms with Crippen molar-refractivity contribution in [3.8, 4) is 5.75 Å². The molecule has 1 aromatic heterocycles. The number of hydrogen-bond acceptors (Lipinski definition) is 4. The molecule has 5 heteroatoms. The van der Waals surface area contributed by atoms with E-state index in [0.717, 1.165) is 57.5 Å². The fourth-order valence-corrected chi connectivity index (χ4v) is 6.14. The summed E-state index contributed by atoms with van der Waals surface area (Å²) >= 11 is 1.90. The lowest BCUT2D eigenvalue weighted by Crippen LogP contribution is -2.50. The van der Waals surface area contributed by atoms with E-state index in [1.807, 2.05) is 11.3 Å². The van der Waals surface area contributed by atoms with Crippen LogP contribution < -0.4 is 10.1 Å². The Morgan fingerprint density at radius 2 is 2.00 bits per heavy atom. The Balaban J connectivity index is 1.26. The quantitative estimate of drug-likeness (QED) is 0.733. The van der Waals surface area contributed by atoms with Crippen molar-refractivity contribution in [1.82, 2.24) is 10.2 Å². The number of carbonyl (C=O) groups excluding carboxylic acids is 1. The minimum Gasteiger partial charge on any atom is -0.487 e. The minimum absolute atomic E-state index is 0.127. The highest BCUT2D eigenvalue weighted by atomic mass is 32.1. The zero-order valence-corrected chi connectivity index (χ0v) is 18.7. The third kappa shape index (κ3) is 4.28. The van der Waals surface area contributed by atoms with Gasteiger partial charge in [0.05, 0.1) is 0 Å². The van der Waals surface area contributed by atoms with Crippen molar-refractivity contribution in [1.29, 1.82) is 0 Å². The second kappa shape index (κ2) is 8.35. The highest BCUT2D eigenvalue weighted by Crippen LogP contribution is 2.46. The fourth-order valence-electron chi connectivity index (χ4n) is 5.21. The molecular weight excluding hydrogens is 392 g/mol. The smallest absolute Gasteiger partial charge is 0.220 e. The number of thiophene rings is 1. The molecule has 1 atom stereocenters.